The Kier molecular flexibility index (Phi) is 9.01. The molecule has 15 heteroatoms. The van der Waals surface area contributed by atoms with Gasteiger partial charge in [-0.3, -0.25) is 39.5 Å². The summed E-state index contributed by atoms with van der Waals surface area (Å²) in [5, 5.41) is 36.4. The zero-order valence-corrected chi connectivity index (χ0v) is 21.2. The Hall–Kier alpha value is -5.18. The van der Waals surface area contributed by atoms with Gasteiger partial charge in [0.05, 0.1) is 16.4 Å². The highest BCUT2D eigenvalue weighted by Crippen LogP contribution is 2.25. The third-order valence-corrected chi connectivity index (χ3v) is 5.62. The summed E-state index contributed by atoms with van der Waals surface area (Å²) in [6, 6.07) is 15.3. The minimum atomic E-state index is -1.99. The van der Waals surface area contributed by atoms with E-state index >= 15 is 0 Å². The van der Waals surface area contributed by atoms with Crippen LogP contribution in [0, 0.1) is 20.2 Å². The monoisotopic (exact) mass is 599 g/mol. The minimum Gasteiger partial charge on any atom is -0.478 e. The van der Waals surface area contributed by atoms with Crippen LogP contribution in [0.3, 0.4) is 0 Å². The van der Waals surface area contributed by atoms with Crippen LogP contribution in [0.4, 0.5) is 17.1 Å². The summed E-state index contributed by atoms with van der Waals surface area (Å²) < 4.78 is 0.469. The predicted molar refractivity (Wildman–Crippen MR) is 139 cm³/mol. The number of nitrogens with zero attached hydrogens (tertiary/aromatic N) is 3. The van der Waals surface area contributed by atoms with Crippen molar-refractivity contribution < 1.29 is 34.1 Å². The van der Waals surface area contributed by atoms with E-state index in [1.807, 2.05) is 0 Å². The first-order valence-electron chi connectivity index (χ1n) is 10.9. The number of aliphatic carboxylic acids is 1. The lowest BCUT2D eigenvalue weighted by Gasteiger charge is -2.30. The number of benzene rings is 3. The summed E-state index contributed by atoms with van der Waals surface area (Å²) in [6.07, 6.45) is -1.99. The van der Waals surface area contributed by atoms with Crippen LogP contribution in [-0.4, -0.2) is 51.4 Å². The lowest BCUT2D eigenvalue weighted by atomic mass is 10.1. The maximum absolute atomic E-state index is 13.4. The number of anilines is 1. The van der Waals surface area contributed by atoms with Crippen molar-refractivity contribution in [2.24, 2.45) is 0 Å². The van der Waals surface area contributed by atoms with Gasteiger partial charge in [0.2, 0.25) is 12.1 Å². The highest BCUT2D eigenvalue weighted by atomic mass is 79.9. The SMILES string of the molecule is O=C(CNC(=O)c1cccc([N+](=O)[O-])c1)NC(C(=O)O)N(C(=O)c1cccc([N+](=O)[O-])c1)c1cccc(Br)c1. The highest BCUT2D eigenvalue weighted by molar-refractivity contribution is 9.10. The Labute approximate surface area is 227 Å². The molecule has 0 saturated carbocycles. The molecule has 3 rings (SSSR count). The van der Waals surface area contributed by atoms with Crippen LogP contribution in [0.25, 0.3) is 0 Å². The van der Waals surface area contributed by atoms with E-state index in [9.17, 15) is 44.5 Å². The van der Waals surface area contributed by atoms with Gasteiger partial charge in [0.1, 0.15) is 0 Å². The van der Waals surface area contributed by atoms with Gasteiger partial charge in [0.15, 0.2) is 0 Å². The molecule has 0 aromatic heterocycles. The van der Waals surface area contributed by atoms with E-state index in [0.29, 0.717) is 4.47 Å². The fourth-order valence-corrected chi connectivity index (χ4v) is 3.75. The smallest absolute Gasteiger partial charge is 0.347 e. The van der Waals surface area contributed by atoms with Gasteiger partial charge in [-0.1, -0.05) is 34.1 Å². The second-order valence-electron chi connectivity index (χ2n) is 7.76. The number of carbonyl (C=O) groups excluding carboxylic acids is 3. The van der Waals surface area contributed by atoms with Crippen molar-refractivity contribution in [2.45, 2.75) is 6.17 Å². The molecule has 0 saturated heterocycles. The average molecular weight is 600 g/mol. The van der Waals surface area contributed by atoms with Gasteiger partial charge >= 0.3 is 5.97 Å². The maximum Gasteiger partial charge on any atom is 0.347 e. The number of halogens is 1. The molecule has 0 aliphatic carbocycles. The second kappa shape index (κ2) is 12.4. The van der Waals surface area contributed by atoms with E-state index in [1.165, 1.54) is 48.5 Å². The Morgan fingerprint density at radius 3 is 2.00 bits per heavy atom. The first-order chi connectivity index (χ1) is 18.5. The van der Waals surface area contributed by atoms with Crippen molar-refractivity contribution in [2.75, 3.05) is 11.4 Å². The number of carboxylic acids is 1. The molecule has 0 fully saturated rings. The number of hydrogen-bond acceptors (Lipinski definition) is 8. The molecule has 3 N–H and O–H groups in total. The molecule has 0 spiro atoms. The topological polar surface area (TPSA) is 202 Å². The summed E-state index contributed by atoms with van der Waals surface area (Å²) >= 11 is 3.23. The summed E-state index contributed by atoms with van der Waals surface area (Å²) in [5.74, 6) is -4.46. The zero-order chi connectivity index (χ0) is 28.7. The van der Waals surface area contributed by atoms with Crippen molar-refractivity contribution in [1.82, 2.24) is 10.6 Å². The van der Waals surface area contributed by atoms with Crippen molar-refractivity contribution in [1.29, 1.82) is 0 Å². The molecule has 0 bridgehead atoms. The molecule has 0 aliphatic rings. The second-order valence-corrected chi connectivity index (χ2v) is 8.68. The molecule has 3 aromatic carbocycles. The van der Waals surface area contributed by atoms with Crippen LogP contribution in [0.5, 0.6) is 0 Å². The van der Waals surface area contributed by atoms with E-state index in [1.54, 1.807) is 6.07 Å². The van der Waals surface area contributed by atoms with Crippen LogP contribution in [-0.2, 0) is 9.59 Å². The Bertz CT molecular complexity index is 1480. The van der Waals surface area contributed by atoms with Crippen LogP contribution < -0.4 is 15.5 Å². The van der Waals surface area contributed by atoms with Gasteiger partial charge in [0.25, 0.3) is 23.2 Å². The number of nitro benzene ring substituents is 2. The van der Waals surface area contributed by atoms with Gasteiger partial charge in [0, 0.05) is 45.6 Å². The number of hydrogen-bond donors (Lipinski definition) is 3. The number of rotatable bonds is 10. The van der Waals surface area contributed by atoms with Gasteiger partial charge in [-0.2, -0.15) is 0 Å². The van der Waals surface area contributed by atoms with Gasteiger partial charge in [-0.25, -0.2) is 4.79 Å². The summed E-state index contributed by atoms with van der Waals surface area (Å²) in [7, 11) is 0. The quantitative estimate of drug-likeness (QED) is 0.178. The third kappa shape index (κ3) is 7.20. The molecular formula is C24H18BrN5O9. The maximum atomic E-state index is 13.4. The fourth-order valence-electron chi connectivity index (χ4n) is 3.36. The van der Waals surface area contributed by atoms with Crippen LogP contribution in [0.1, 0.15) is 20.7 Å². The van der Waals surface area contributed by atoms with Gasteiger partial charge in [-0.15, -0.1) is 0 Å². The molecule has 14 nitrogen and oxygen atoms in total. The summed E-state index contributed by atoms with van der Waals surface area (Å²) in [4.78, 5) is 72.1. The van der Waals surface area contributed by atoms with Gasteiger partial charge < -0.3 is 15.7 Å². The standard InChI is InChI=1S/C24H18BrN5O9/c25-16-6-3-7-17(12-16)28(23(33)15-5-2-9-19(11-15)30(38)39)21(24(34)35)27-20(31)13-26-22(32)14-4-1-8-18(10-14)29(36)37/h1-12,21H,13H2,(H,26,32)(H,27,31)(H,34,35). The Morgan fingerprint density at radius 1 is 0.872 bits per heavy atom. The Balaban J connectivity index is 1.86. The summed E-state index contributed by atoms with van der Waals surface area (Å²) in [5.41, 5.74) is -1.04. The fraction of sp³-hybridized carbons (Fsp3) is 0.0833. The first-order valence-corrected chi connectivity index (χ1v) is 11.7. The summed E-state index contributed by atoms with van der Waals surface area (Å²) in [6.45, 7) is -0.734. The number of nitro groups is 2. The molecule has 1 atom stereocenters. The van der Waals surface area contributed by atoms with Crippen molar-refractivity contribution in [3.63, 3.8) is 0 Å². The van der Waals surface area contributed by atoms with E-state index in [-0.39, 0.29) is 22.5 Å². The molecule has 1 unspecified atom stereocenters. The number of non-ortho nitro benzene ring substituents is 2. The molecule has 0 aliphatic heterocycles. The molecule has 0 heterocycles. The number of carboxylic acid groups (broad SMARTS) is 1. The first kappa shape index (κ1) is 28.4. The molecule has 3 amide bonds. The lowest BCUT2D eigenvalue weighted by molar-refractivity contribution is -0.385. The average Bonchev–Trinajstić information content (AvgIpc) is 2.91. The lowest BCUT2D eigenvalue weighted by Crippen LogP contribution is -2.57. The highest BCUT2D eigenvalue weighted by Gasteiger charge is 2.34. The van der Waals surface area contributed by atoms with Crippen molar-refractivity contribution in [3.05, 3.63) is 109 Å². The van der Waals surface area contributed by atoms with E-state index in [0.717, 1.165) is 23.1 Å². The largest absolute Gasteiger partial charge is 0.478 e. The molecule has 39 heavy (non-hydrogen) atoms. The molecular weight excluding hydrogens is 582 g/mol. The van der Waals surface area contributed by atoms with E-state index in [2.05, 4.69) is 26.6 Å². The molecule has 0 radical (unpaired) electrons. The van der Waals surface area contributed by atoms with E-state index < -0.39 is 51.9 Å². The van der Waals surface area contributed by atoms with Gasteiger partial charge in [-0.05, 0) is 30.3 Å². The normalized spacial score (nSPS) is 11.1. The number of carbonyl (C=O) groups is 4. The van der Waals surface area contributed by atoms with Crippen LogP contribution >= 0.6 is 15.9 Å². The third-order valence-electron chi connectivity index (χ3n) is 5.13. The Morgan fingerprint density at radius 2 is 1.44 bits per heavy atom. The number of amides is 3. The predicted octanol–water partition coefficient (Wildman–Crippen LogP) is 2.87. The van der Waals surface area contributed by atoms with Crippen molar-refractivity contribution in [3.8, 4) is 0 Å². The minimum absolute atomic E-state index is 0.0363. The molecule has 3 aromatic rings. The molecule has 200 valence electrons. The number of nitrogens with one attached hydrogen (secondary N) is 2. The van der Waals surface area contributed by atoms with Crippen LogP contribution in [0.2, 0.25) is 0 Å². The van der Waals surface area contributed by atoms with E-state index in [4.69, 9.17) is 0 Å². The van der Waals surface area contributed by atoms with Crippen molar-refractivity contribution >= 4 is 56.7 Å². The zero-order valence-electron chi connectivity index (χ0n) is 19.6. The van der Waals surface area contributed by atoms with Crippen LogP contribution in [0.15, 0.2) is 77.3 Å².